The number of benzene rings is 2. The summed E-state index contributed by atoms with van der Waals surface area (Å²) < 4.78 is 0. The van der Waals surface area contributed by atoms with E-state index in [-0.39, 0.29) is 34.9 Å². The first-order valence-corrected chi connectivity index (χ1v) is 12.0. The van der Waals surface area contributed by atoms with Crippen molar-refractivity contribution in [2.24, 2.45) is 5.92 Å². The summed E-state index contributed by atoms with van der Waals surface area (Å²) in [4.78, 5) is 39.0. The zero-order valence-electron chi connectivity index (χ0n) is 18.0. The first kappa shape index (κ1) is 22.4. The minimum Gasteiger partial charge on any atom is -0.481 e. The number of nitrogens with zero attached hydrogens (tertiary/aromatic N) is 1. The lowest BCUT2D eigenvalue weighted by molar-refractivity contribution is -0.141. The van der Waals surface area contributed by atoms with Crippen LogP contribution < -0.4 is 5.32 Å². The zero-order valence-corrected chi connectivity index (χ0v) is 18.8. The molecule has 0 spiro atoms. The first-order valence-electron chi connectivity index (χ1n) is 11.0. The molecule has 0 radical (unpaired) electrons. The van der Waals surface area contributed by atoms with Crippen LogP contribution in [0.2, 0.25) is 0 Å². The summed E-state index contributed by atoms with van der Waals surface area (Å²) in [6, 6.07) is 19.1. The molecular weight excluding hydrogens is 424 g/mol. The number of thioether (sulfide) groups is 1. The third kappa shape index (κ3) is 4.67. The Morgan fingerprint density at radius 3 is 2.41 bits per heavy atom. The number of carbonyl (C=O) groups is 3. The summed E-state index contributed by atoms with van der Waals surface area (Å²) in [5.74, 6) is -1.35. The molecule has 0 bridgehead atoms. The molecule has 2 aliphatic rings. The lowest BCUT2D eigenvalue weighted by atomic mass is 9.93. The topological polar surface area (TPSA) is 86.7 Å². The van der Waals surface area contributed by atoms with Gasteiger partial charge in [0.25, 0.3) is 0 Å². The van der Waals surface area contributed by atoms with Crippen molar-refractivity contribution in [2.75, 3.05) is 0 Å². The van der Waals surface area contributed by atoms with E-state index < -0.39 is 17.9 Å². The number of carbonyl (C=O) groups excluding carboxylic acids is 2. The molecule has 2 aromatic rings. The molecule has 0 aromatic heterocycles. The monoisotopic (exact) mass is 452 g/mol. The second-order valence-corrected chi connectivity index (χ2v) is 9.87. The Labute approximate surface area is 192 Å². The van der Waals surface area contributed by atoms with Gasteiger partial charge in [-0.2, -0.15) is 0 Å². The van der Waals surface area contributed by atoms with Crippen LogP contribution in [0.4, 0.5) is 4.79 Å². The number of Topliss-reactive ketones (excluding diaryl/α,β-unsaturated/α-hetero) is 1. The fourth-order valence-corrected chi connectivity index (χ4v) is 6.31. The number of rotatable bonds is 9. The van der Waals surface area contributed by atoms with Crippen LogP contribution in [-0.2, 0) is 16.0 Å². The summed E-state index contributed by atoms with van der Waals surface area (Å²) >= 11 is 1.74. The number of aliphatic carboxylic acids is 1. The first-order chi connectivity index (χ1) is 15.5. The van der Waals surface area contributed by atoms with Gasteiger partial charge >= 0.3 is 12.0 Å². The number of urea groups is 1. The number of carboxylic acid groups (broad SMARTS) is 1. The Hall–Kier alpha value is -2.80. The molecule has 2 saturated heterocycles. The SMILES string of the molecule is CC(CCCC(=O)C1NC(=O)N2[C@H]1C(Cc1ccccc1)S[C@H]2c1ccccc1)C(=O)O. The van der Waals surface area contributed by atoms with Crippen molar-refractivity contribution < 1.29 is 19.5 Å². The van der Waals surface area contributed by atoms with Gasteiger partial charge in [0.05, 0.1) is 12.0 Å². The number of fused-ring (bicyclic) bond motifs is 1. The molecule has 2 aliphatic heterocycles. The van der Waals surface area contributed by atoms with E-state index in [0.717, 1.165) is 12.0 Å². The normalized spacial score (nSPS) is 25.3. The number of amides is 2. The van der Waals surface area contributed by atoms with Gasteiger partial charge in [-0.25, -0.2) is 4.79 Å². The van der Waals surface area contributed by atoms with Gasteiger partial charge in [-0.15, -0.1) is 11.8 Å². The fourth-order valence-electron chi connectivity index (χ4n) is 4.56. The highest BCUT2D eigenvalue weighted by molar-refractivity contribution is 8.00. The van der Waals surface area contributed by atoms with Crippen LogP contribution in [0.25, 0.3) is 0 Å². The molecule has 0 aliphatic carbocycles. The molecule has 168 valence electrons. The maximum absolute atomic E-state index is 13.1. The van der Waals surface area contributed by atoms with E-state index in [4.69, 9.17) is 5.11 Å². The second-order valence-electron chi connectivity index (χ2n) is 8.55. The summed E-state index contributed by atoms with van der Waals surface area (Å²) in [5.41, 5.74) is 2.23. The number of hydrogen-bond donors (Lipinski definition) is 2. The van der Waals surface area contributed by atoms with E-state index in [2.05, 4.69) is 17.4 Å². The van der Waals surface area contributed by atoms with E-state index >= 15 is 0 Å². The van der Waals surface area contributed by atoms with E-state index in [9.17, 15) is 14.4 Å². The predicted octanol–water partition coefficient (Wildman–Crippen LogP) is 4.27. The molecule has 2 aromatic carbocycles. The van der Waals surface area contributed by atoms with Crippen LogP contribution in [0.1, 0.15) is 42.7 Å². The molecule has 2 fully saturated rings. The molecule has 3 unspecified atom stereocenters. The van der Waals surface area contributed by atoms with Crippen molar-refractivity contribution in [3.63, 3.8) is 0 Å². The van der Waals surface area contributed by atoms with Crippen molar-refractivity contribution in [1.29, 1.82) is 0 Å². The zero-order chi connectivity index (χ0) is 22.7. The molecule has 5 atom stereocenters. The smallest absolute Gasteiger partial charge is 0.319 e. The lowest BCUT2D eigenvalue weighted by Gasteiger charge is -2.24. The maximum atomic E-state index is 13.1. The highest BCUT2D eigenvalue weighted by Gasteiger charge is 2.55. The second kappa shape index (κ2) is 9.77. The van der Waals surface area contributed by atoms with Crippen LogP contribution in [0.3, 0.4) is 0 Å². The minimum absolute atomic E-state index is 0.0178. The standard InChI is InChI=1S/C25H28N2O4S/c1-16(24(29)30)9-8-14-19(28)21-22-20(15-17-10-4-2-5-11-17)32-23(27(22)25(31)26-21)18-12-6-3-7-13-18/h2-7,10-13,16,20-23H,8-9,14-15H2,1H3,(H,26,31)(H,29,30)/t16?,20?,21?,22-,23-/m0/s1. The Bertz CT molecular complexity index is 968. The Morgan fingerprint density at radius 2 is 1.75 bits per heavy atom. The minimum atomic E-state index is -0.849. The Morgan fingerprint density at radius 1 is 1.09 bits per heavy atom. The lowest BCUT2D eigenvalue weighted by Crippen LogP contribution is -2.45. The quantitative estimate of drug-likeness (QED) is 0.594. The molecule has 4 rings (SSSR count). The van der Waals surface area contributed by atoms with Crippen molar-refractivity contribution >= 4 is 29.5 Å². The van der Waals surface area contributed by atoms with Crippen LogP contribution in [0.15, 0.2) is 60.7 Å². The molecule has 2 N–H and O–H groups in total. The number of ketones is 1. The van der Waals surface area contributed by atoms with Gasteiger partial charge in [-0.1, -0.05) is 67.6 Å². The van der Waals surface area contributed by atoms with Crippen molar-refractivity contribution in [2.45, 2.75) is 55.3 Å². The van der Waals surface area contributed by atoms with E-state index in [1.54, 1.807) is 18.7 Å². The summed E-state index contributed by atoms with van der Waals surface area (Å²) in [5, 5.41) is 12.0. The van der Waals surface area contributed by atoms with Gasteiger partial charge in [0.1, 0.15) is 11.4 Å². The number of carboxylic acids is 1. The molecule has 2 amide bonds. The summed E-state index contributed by atoms with van der Waals surface area (Å²) in [6.07, 6.45) is 1.99. The maximum Gasteiger partial charge on any atom is 0.319 e. The third-order valence-corrected chi connectivity index (χ3v) is 7.86. The molecule has 32 heavy (non-hydrogen) atoms. The number of nitrogens with one attached hydrogen (secondary N) is 1. The average Bonchev–Trinajstić information content (AvgIpc) is 3.34. The predicted molar refractivity (Wildman–Crippen MR) is 124 cm³/mol. The molecule has 0 saturated carbocycles. The highest BCUT2D eigenvalue weighted by atomic mass is 32.2. The highest BCUT2D eigenvalue weighted by Crippen LogP contribution is 2.50. The molecule has 7 heteroatoms. The van der Waals surface area contributed by atoms with Crippen molar-refractivity contribution in [1.82, 2.24) is 10.2 Å². The summed E-state index contributed by atoms with van der Waals surface area (Å²) in [6.45, 7) is 1.65. The third-order valence-electron chi connectivity index (χ3n) is 6.31. The number of hydrogen-bond acceptors (Lipinski definition) is 4. The van der Waals surface area contributed by atoms with Crippen LogP contribution in [0.5, 0.6) is 0 Å². The van der Waals surface area contributed by atoms with Crippen molar-refractivity contribution in [3.8, 4) is 0 Å². The molecule has 6 nitrogen and oxygen atoms in total. The van der Waals surface area contributed by atoms with Crippen LogP contribution >= 0.6 is 11.8 Å². The van der Waals surface area contributed by atoms with Gasteiger partial charge in [0.15, 0.2) is 5.78 Å². The van der Waals surface area contributed by atoms with Gasteiger partial charge in [-0.05, 0) is 30.4 Å². The van der Waals surface area contributed by atoms with Gasteiger partial charge < -0.3 is 15.3 Å². The Balaban J connectivity index is 1.54. The van der Waals surface area contributed by atoms with E-state index in [1.807, 2.05) is 53.4 Å². The molecule has 2 heterocycles. The largest absolute Gasteiger partial charge is 0.481 e. The van der Waals surface area contributed by atoms with Gasteiger partial charge in [0, 0.05) is 11.7 Å². The van der Waals surface area contributed by atoms with E-state index in [1.165, 1.54) is 5.56 Å². The molecular formula is C25H28N2O4S. The van der Waals surface area contributed by atoms with Crippen LogP contribution in [0, 0.1) is 5.92 Å². The van der Waals surface area contributed by atoms with Gasteiger partial charge in [-0.3, -0.25) is 9.59 Å². The summed E-state index contributed by atoms with van der Waals surface area (Å²) in [7, 11) is 0. The van der Waals surface area contributed by atoms with Crippen LogP contribution in [-0.4, -0.2) is 45.1 Å². The Kier molecular flexibility index (Phi) is 6.84. The van der Waals surface area contributed by atoms with Crippen molar-refractivity contribution in [3.05, 3.63) is 71.8 Å². The van der Waals surface area contributed by atoms with Gasteiger partial charge in [0.2, 0.25) is 0 Å². The average molecular weight is 453 g/mol. The van der Waals surface area contributed by atoms with E-state index in [0.29, 0.717) is 12.8 Å². The fraction of sp³-hybridized carbons (Fsp3) is 0.400.